The van der Waals surface area contributed by atoms with Gasteiger partial charge in [-0.15, -0.1) is 0 Å². The van der Waals surface area contributed by atoms with Crippen LogP contribution in [0, 0.1) is 0 Å². The maximum Gasteiger partial charge on any atom is 0.305 e. The van der Waals surface area contributed by atoms with Gasteiger partial charge >= 0.3 is 5.97 Å². The zero-order chi connectivity index (χ0) is 22.6. The van der Waals surface area contributed by atoms with E-state index < -0.39 is 0 Å². The zero-order valence-electron chi connectivity index (χ0n) is 19.1. The maximum atomic E-state index is 12.0. The summed E-state index contributed by atoms with van der Waals surface area (Å²) in [6.45, 7) is 2.34. The predicted octanol–water partition coefficient (Wildman–Crippen LogP) is 7.55. The molecule has 1 saturated carbocycles. The quantitative estimate of drug-likeness (QED) is 0.230. The first-order chi connectivity index (χ1) is 16.2. The lowest BCUT2D eigenvalue weighted by Gasteiger charge is -2.32. The molecule has 4 aromatic rings. The van der Waals surface area contributed by atoms with Crippen LogP contribution in [-0.2, 0) is 16.1 Å². The van der Waals surface area contributed by atoms with E-state index in [1.54, 1.807) is 0 Å². The van der Waals surface area contributed by atoms with Gasteiger partial charge < -0.3 is 9.47 Å². The number of rotatable bonds is 6. The van der Waals surface area contributed by atoms with E-state index in [1.165, 1.54) is 27.1 Å². The molecule has 0 aliphatic heterocycles. The summed E-state index contributed by atoms with van der Waals surface area (Å²) >= 11 is 0. The van der Waals surface area contributed by atoms with Gasteiger partial charge in [0.1, 0.15) is 18.5 Å². The molecule has 3 nitrogen and oxygen atoms in total. The Morgan fingerprint density at radius 3 is 2.21 bits per heavy atom. The SMILES string of the molecule is CCC(=O)O[C@H]1CCCC[C@@H]1c1ccccc1OCc1c2ccccc2cc2ccccc12. The molecule has 0 N–H and O–H groups in total. The largest absolute Gasteiger partial charge is 0.489 e. The molecule has 0 spiro atoms. The Morgan fingerprint density at radius 1 is 0.848 bits per heavy atom. The highest BCUT2D eigenvalue weighted by Gasteiger charge is 2.31. The fraction of sp³-hybridized carbons (Fsp3) is 0.300. The van der Waals surface area contributed by atoms with Crippen molar-refractivity contribution in [1.82, 2.24) is 0 Å². The minimum absolute atomic E-state index is 0.0747. The molecule has 0 heterocycles. The van der Waals surface area contributed by atoms with Gasteiger partial charge in [-0.1, -0.05) is 80.1 Å². The Balaban J connectivity index is 1.48. The number of esters is 1. The Bertz CT molecular complexity index is 1220. The van der Waals surface area contributed by atoms with Crippen molar-refractivity contribution in [2.24, 2.45) is 0 Å². The Morgan fingerprint density at radius 2 is 1.48 bits per heavy atom. The van der Waals surface area contributed by atoms with Crippen molar-refractivity contribution in [2.75, 3.05) is 0 Å². The Hall–Kier alpha value is -3.33. The van der Waals surface area contributed by atoms with Crippen molar-refractivity contribution >= 4 is 27.5 Å². The molecule has 2 atom stereocenters. The van der Waals surface area contributed by atoms with E-state index in [1.807, 2.05) is 13.0 Å². The first-order valence-electron chi connectivity index (χ1n) is 12.0. The molecule has 1 fully saturated rings. The molecule has 168 valence electrons. The second kappa shape index (κ2) is 9.66. The van der Waals surface area contributed by atoms with E-state index in [9.17, 15) is 4.79 Å². The summed E-state index contributed by atoms with van der Waals surface area (Å²) in [7, 11) is 0. The van der Waals surface area contributed by atoms with Crippen LogP contribution < -0.4 is 4.74 Å². The first-order valence-corrected chi connectivity index (χ1v) is 12.0. The third kappa shape index (κ3) is 4.45. The van der Waals surface area contributed by atoms with Crippen LogP contribution >= 0.6 is 0 Å². The molecular formula is C30H30O3. The van der Waals surface area contributed by atoms with E-state index in [2.05, 4.69) is 72.8 Å². The Kier molecular flexibility index (Phi) is 6.30. The average molecular weight is 439 g/mol. The molecular weight excluding hydrogens is 408 g/mol. The summed E-state index contributed by atoms with van der Waals surface area (Å²) < 4.78 is 12.4. The minimum Gasteiger partial charge on any atom is -0.489 e. The van der Waals surface area contributed by atoms with Crippen LogP contribution in [0.3, 0.4) is 0 Å². The molecule has 3 heteroatoms. The van der Waals surface area contributed by atoms with Gasteiger partial charge in [0.15, 0.2) is 0 Å². The number of para-hydroxylation sites is 1. The first kappa shape index (κ1) is 21.5. The van der Waals surface area contributed by atoms with Crippen molar-refractivity contribution in [3.63, 3.8) is 0 Å². The fourth-order valence-electron chi connectivity index (χ4n) is 5.18. The van der Waals surface area contributed by atoms with Gasteiger partial charge in [-0.2, -0.15) is 0 Å². The van der Waals surface area contributed by atoms with Gasteiger partial charge in [0.05, 0.1) is 0 Å². The normalized spacial score (nSPS) is 18.3. The second-order valence-electron chi connectivity index (χ2n) is 8.90. The Labute approximate surface area is 195 Å². The van der Waals surface area contributed by atoms with E-state index in [4.69, 9.17) is 9.47 Å². The number of hydrogen-bond donors (Lipinski definition) is 0. The molecule has 0 amide bonds. The molecule has 0 unspecified atom stereocenters. The zero-order valence-corrected chi connectivity index (χ0v) is 19.1. The van der Waals surface area contributed by atoms with E-state index in [-0.39, 0.29) is 18.0 Å². The topological polar surface area (TPSA) is 35.5 Å². The van der Waals surface area contributed by atoms with Crippen molar-refractivity contribution in [3.8, 4) is 5.75 Å². The summed E-state index contributed by atoms with van der Waals surface area (Å²) in [6, 6.07) is 27.5. The lowest BCUT2D eigenvalue weighted by molar-refractivity contribution is -0.151. The van der Waals surface area contributed by atoms with Crippen LogP contribution in [0.15, 0.2) is 78.9 Å². The number of benzene rings is 4. The summed E-state index contributed by atoms with van der Waals surface area (Å²) in [5.74, 6) is 0.946. The minimum atomic E-state index is -0.118. The summed E-state index contributed by atoms with van der Waals surface area (Å²) in [4.78, 5) is 12.0. The van der Waals surface area contributed by atoms with Gasteiger partial charge in [0, 0.05) is 23.5 Å². The summed E-state index contributed by atoms with van der Waals surface area (Å²) in [5.41, 5.74) is 2.35. The van der Waals surface area contributed by atoms with Crippen LogP contribution in [0.2, 0.25) is 0 Å². The van der Waals surface area contributed by atoms with Crippen molar-refractivity contribution in [2.45, 2.75) is 57.7 Å². The molecule has 1 aliphatic carbocycles. The molecule has 0 saturated heterocycles. The number of hydrogen-bond acceptors (Lipinski definition) is 3. The van der Waals surface area contributed by atoms with Gasteiger partial charge in [0.25, 0.3) is 0 Å². The lowest BCUT2D eigenvalue weighted by atomic mass is 9.81. The molecule has 0 bridgehead atoms. The molecule has 33 heavy (non-hydrogen) atoms. The summed E-state index contributed by atoms with van der Waals surface area (Å²) in [6.07, 6.45) is 4.51. The maximum absolute atomic E-state index is 12.0. The third-order valence-electron chi connectivity index (χ3n) is 6.85. The van der Waals surface area contributed by atoms with Crippen molar-refractivity contribution in [3.05, 3.63) is 90.0 Å². The fourth-order valence-corrected chi connectivity index (χ4v) is 5.18. The van der Waals surface area contributed by atoms with Crippen LogP contribution in [0.25, 0.3) is 21.5 Å². The standard InChI is InChI=1S/C30H30O3/c1-2-30(31)33-29-18-10-8-16-26(29)25-15-7-9-17-28(25)32-20-27-23-13-5-3-11-21(23)19-22-12-4-6-14-24(22)27/h3-7,9,11-15,17,19,26,29H,2,8,10,16,18,20H2,1H3/t26-,29+/m1/s1. The number of ether oxygens (including phenoxy) is 2. The number of fused-ring (bicyclic) bond motifs is 2. The molecule has 4 aromatic carbocycles. The average Bonchev–Trinajstić information content (AvgIpc) is 2.87. The van der Waals surface area contributed by atoms with E-state index in [0.29, 0.717) is 13.0 Å². The van der Waals surface area contributed by atoms with Gasteiger partial charge in [-0.05, 0) is 52.9 Å². The highest BCUT2D eigenvalue weighted by atomic mass is 16.5. The second-order valence-corrected chi connectivity index (χ2v) is 8.90. The highest BCUT2D eigenvalue weighted by molar-refractivity contribution is 6.02. The van der Waals surface area contributed by atoms with Crippen LogP contribution in [0.5, 0.6) is 5.75 Å². The smallest absolute Gasteiger partial charge is 0.305 e. The van der Waals surface area contributed by atoms with E-state index in [0.717, 1.165) is 37.0 Å². The number of carbonyl (C=O) groups excluding carboxylic acids is 1. The summed E-state index contributed by atoms with van der Waals surface area (Å²) in [5, 5.41) is 4.89. The predicted molar refractivity (Wildman–Crippen MR) is 134 cm³/mol. The monoisotopic (exact) mass is 438 g/mol. The van der Waals surface area contributed by atoms with Crippen molar-refractivity contribution in [1.29, 1.82) is 0 Å². The molecule has 1 aliphatic rings. The van der Waals surface area contributed by atoms with Gasteiger partial charge in [-0.3, -0.25) is 4.79 Å². The van der Waals surface area contributed by atoms with Gasteiger partial charge in [-0.25, -0.2) is 0 Å². The van der Waals surface area contributed by atoms with Crippen molar-refractivity contribution < 1.29 is 14.3 Å². The lowest BCUT2D eigenvalue weighted by Crippen LogP contribution is -2.28. The third-order valence-corrected chi connectivity index (χ3v) is 6.85. The molecule has 5 rings (SSSR count). The van der Waals surface area contributed by atoms with Gasteiger partial charge in [0.2, 0.25) is 0 Å². The van der Waals surface area contributed by atoms with Crippen LogP contribution in [0.1, 0.15) is 56.1 Å². The van der Waals surface area contributed by atoms with Crippen LogP contribution in [-0.4, -0.2) is 12.1 Å². The highest BCUT2D eigenvalue weighted by Crippen LogP contribution is 2.40. The van der Waals surface area contributed by atoms with Crippen LogP contribution in [0.4, 0.5) is 0 Å². The molecule has 0 aromatic heterocycles. The van der Waals surface area contributed by atoms with E-state index >= 15 is 0 Å². The number of carbonyl (C=O) groups is 1. The molecule has 0 radical (unpaired) electrons.